The number of rotatable bonds is 4. The standard InChI is InChI=1S/C14H15ClN4O2/c1-19-11-5-4-9(15)6-10(11)17-14(19)18-12(20)7-16-13(21)8-2-3-8/h4-6,8H,2-3,7H2,1H3,(H,16,21)(H,17,18,20). The lowest BCUT2D eigenvalue weighted by molar-refractivity contribution is -0.125. The second-order valence-corrected chi connectivity index (χ2v) is 5.60. The van der Waals surface area contributed by atoms with Crippen molar-refractivity contribution in [1.82, 2.24) is 14.9 Å². The van der Waals surface area contributed by atoms with E-state index in [-0.39, 0.29) is 24.3 Å². The lowest BCUT2D eigenvalue weighted by atomic mass is 10.3. The highest BCUT2D eigenvalue weighted by Gasteiger charge is 2.29. The molecule has 0 atom stereocenters. The zero-order chi connectivity index (χ0) is 15.0. The summed E-state index contributed by atoms with van der Waals surface area (Å²) in [4.78, 5) is 27.7. The minimum Gasteiger partial charge on any atom is -0.347 e. The molecule has 1 fully saturated rings. The Hall–Kier alpha value is -2.08. The summed E-state index contributed by atoms with van der Waals surface area (Å²) >= 11 is 5.92. The molecule has 0 unspecified atom stereocenters. The zero-order valence-corrected chi connectivity index (χ0v) is 12.3. The number of benzene rings is 1. The Morgan fingerprint density at radius 3 is 2.90 bits per heavy atom. The Morgan fingerprint density at radius 2 is 2.19 bits per heavy atom. The fraction of sp³-hybridized carbons (Fsp3) is 0.357. The number of aryl methyl sites for hydroxylation is 1. The van der Waals surface area contributed by atoms with E-state index >= 15 is 0 Å². The summed E-state index contributed by atoms with van der Waals surface area (Å²) in [6.45, 7) is -0.0424. The topological polar surface area (TPSA) is 76.0 Å². The molecular formula is C14H15ClN4O2. The molecule has 1 aliphatic rings. The van der Waals surface area contributed by atoms with E-state index in [9.17, 15) is 9.59 Å². The number of amides is 2. The molecule has 0 bridgehead atoms. The fourth-order valence-corrected chi connectivity index (χ4v) is 2.28. The maximum absolute atomic E-state index is 11.9. The van der Waals surface area contributed by atoms with E-state index in [2.05, 4.69) is 15.6 Å². The van der Waals surface area contributed by atoms with Crippen LogP contribution >= 0.6 is 11.6 Å². The zero-order valence-electron chi connectivity index (χ0n) is 11.5. The largest absolute Gasteiger partial charge is 0.347 e. The van der Waals surface area contributed by atoms with E-state index in [1.54, 1.807) is 16.7 Å². The van der Waals surface area contributed by atoms with Crippen molar-refractivity contribution in [3.63, 3.8) is 0 Å². The maximum atomic E-state index is 11.9. The van der Waals surface area contributed by atoms with Crippen LogP contribution in [0.15, 0.2) is 18.2 Å². The number of nitrogens with one attached hydrogen (secondary N) is 2. The summed E-state index contributed by atoms with van der Waals surface area (Å²) in [7, 11) is 1.81. The number of aromatic nitrogens is 2. The van der Waals surface area contributed by atoms with Gasteiger partial charge in [-0.3, -0.25) is 14.9 Å². The van der Waals surface area contributed by atoms with Crippen LogP contribution in [0.5, 0.6) is 0 Å². The van der Waals surface area contributed by atoms with E-state index in [0.717, 1.165) is 18.4 Å². The molecular weight excluding hydrogens is 292 g/mol. The van der Waals surface area contributed by atoms with E-state index in [4.69, 9.17) is 11.6 Å². The van der Waals surface area contributed by atoms with Crippen LogP contribution in [0.4, 0.5) is 5.95 Å². The van der Waals surface area contributed by atoms with Gasteiger partial charge >= 0.3 is 0 Å². The van der Waals surface area contributed by atoms with Gasteiger partial charge < -0.3 is 9.88 Å². The number of nitrogens with zero attached hydrogens (tertiary/aromatic N) is 2. The highest BCUT2D eigenvalue weighted by Crippen LogP contribution is 2.28. The Morgan fingerprint density at radius 1 is 1.43 bits per heavy atom. The summed E-state index contributed by atoms with van der Waals surface area (Å²) in [5.41, 5.74) is 1.58. The Balaban J connectivity index is 1.67. The van der Waals surface area contributed by atoms with Gasteiger partial charge in [0.2, 0.25) is 17.8 Å². The van der Waals surface area contributed by atoms with Crippen LogP contribution in [0, 0.1) is 5.92 Å². The van der Waals surface area contributed by atoms with Crippen LogP contribution in [0.3, 0.4) is 0 Å². The lowest BCUT2D eigenvalue weighted by Gasteiger charge is -2.06. The number of hydrogen-bond acceptors (Lipinski definition) is 3. The molecule has 1 heterocycles. The second-order valence-electron chi connectivity index (χ2n) is 5.17. The average Bonchev–Trinajstić information content (AvgIpc) is 3.24. The highest BCUT2D eigenvalue weighted by atomic mass is 35.5. The first-order valence-electron chi connectivity index (χ1n) is 6.74. The third kappa shape index (κ3) is 3.00. The van der Waals surface area contributed by atoms with E-state index in [0.29, 0.717) is 16.5 Å². The molecule has 0 radical (unpaired) electrons. The molecule has 1 saturated carbocycles. The minimum absolute atomic E-state index is 0.0424. The van der Waals surface area contributed by atoms with Gasteiger partial charge in [-0.2, -0.15) is 0 Å². The maximum Gasteiger partial charge on any atom is 0.246 e. The number of carbonyl (C=O) groups excluding carboxylic acids is 2. The minimum atomic E-state index is -0.298. The highest BCUT2D eigenvalue weighted by molar-refractivity contribution is 6.31. The van der Waals surface area contributed by atoms with Crippen molar-refractivity contribution < 1.29 is 9.59 Å². The second kappa shape index (κ2) is 5.37. The molecule has 0 saturated heterocycles. The van der Waals surface area contributed by atoms with Crippen molar-refractivity contribution in [2.24, 2.45) is 13.0 Å². The molecule has 21 heavy (non-hydrogen) atoms. The van der Waals surface area contributed by atoms with Crippen LogP contribution in [-0.2, 0) is 16.6 Å². The lowest BCUT2D eigenvalue weighted by Crippen LogP contribution is -2.34. The molecule has 110 valence electrons. The van der Waals surface area contributed by atoms with Crippen molar-refractivity contribution in [1.29, 1.82) is 0 Å². The molecule has 6 nitrogen and oxygen atoms in total. The Labute approximate surface area is 126 Å². The predicted molar refractivity (Wildman–Crippen MR) is 80.1 cm³/mol. The molecule has 2 N–H and O–H groups in total. The average molecular weight is 307 g/mol. The summed E-state index contributed by atoms with van der Waals surface area (Å²) in [6, 6.07) is 5.35. The van der Waals surface area contributed by atoms with E-state index in [1.807, 2.05) is 13.1 Å². The molecule has 7 heteroatoms. The number of hydrogen-bond donors (Lipinski definition) is 2. The number of halogens is 1. The van der Waals surface area contributed by atoms with Crippen LogP contribution in [-0.4, -0.2) is 27.9 Å². The first-order valence-corrected chi connectivity index (χ1v) is 7.12. The molecule has 2 amide bonds. The van der Waals surface area contributed by atoms with Gasteiger partial charge in [0.1, 0.15) is 0 Å². The van der Waals surface area contributed by atoms with E-state index < -0.39 is 0 Å². The van der Waals surface area contributed by atoms with Gasteiger partial charge in [-0.25, -0.2) is 4.98 Å². The van der Waals surface area contributed by atoms with Crippen LogP contribution in [0.2, 0.25) is 5.02 Å². The molecule has 0 spiro atoms. The van der Waals surface area contributed by atoms with Gasteiger partial charge in [0.05, 0.1) is 17.6 Å². The summed E-state index contributed by atoms with van der Waals surface area (Å²) < 4.78 is 1.77. The summed E-state index contributed by atoms with van der Waals surface area (Å²) in [5, 5.41) is 5.90. The van der Waals surface area contributed by atoms with Gasteiger partial charge in [0.15, 0.2) is 0 Å². The third-order valence-corrected chi connectivity index (χ3v) is 3.70. The number of anilines is 1. The quantitative estimate of drug-likeness (QED) is 0.902. The van der Waals surface area contributed by atoms with Crippen molar-refractivity contribution >= 4 is 40.4 Å². The van der Waals surface area contributed by atoms with Gasteiger partial charge in [-0.1, -0.05) is 11.6 Å². The monoisotopic (exact) mass is 306 g/mol. The SMILES string of the molecule is Cn1c(NC(=O)CNC(=O)C2CC2)nc2cc(Cl)ccc21. The number of imidazole rings is 1. The normalized spacial score (nSPS) is 14.2. The number of carbonyl (C=O) groups is 2. The molecule has 1 aliphatic carbocycles. The Kier molecular flexibility index (Phi) is 3.55. The van der Waals surface area contributed by atoms with Gasteiger partial charge in [0.25, 0.3) is 0 Å². The van der Waals surface area contributed by atoms with Crippen LogP contribution in [0.1, 0.15) is 12.8 Å². The Bertz CT molecular complexity index is 721. The summed E-state index contributed by atoms with van der Waals surface area (Å²) in [6.07, 6.45) is 1.83. The third-order valence-electron chi connectivity index (χ3n) is 3.47. The molecule has 2 aromatic rings. The van der Waals surface area contributed by atoms with Crippen LogP contribution in [0.25, 0.3) is 11.0 Å². The van der Waals surface area contributed by atoms with Gasteiger partial charge in [0, 0.05) is 18.0 Å². The first kappa shape index (κ1) is 13.9. The van der Waals surface area contributed by atoms with Gasteiger partial charge in [-0.05, 0) is 31.0 Å². The molecule has 0 aliphatic heterocycles. The molecule has 1 aromatic heterocycles. The summed E-state index contributed by atoms with van der Waals surface area (Å²) in [5.74, 6) is 0.170. The van der Waals surface area contributed by atoms with Crippen molar-refractivity contribution in [3.05, 3.63) is 23.2 Å². The van der Waals surface area contributed by atoms with E-state index in [1.165, 1.54) is 0 Å². The van der Waals surface area contributed by atoms with Crippen molar-refractivity contribution in [2.75, 3.05) is 11.9 Å². The van der Waals surface area contributed by atoms with Crippen molar-refractivity contribution in [3.8, 4) is 0 Å². The predicted octanol–water partition coefficient (Wildman–Crippen LogP) is 1.69. The number of fused-ring (bicyclic) bond motifs is 1. The van der Waals surface area contributed by atoms with Crippen molar-refractivity contribution in [2.45, 2.75) is 12.8 Å². The first-order chi connectivity index (χ1) is 10.0. The fourth-order valence-electron chi connectivity index (χ4n) is 2.11. The van der Waals surface area contributed by atoms with Gasteiger partial charge in [-0.15, -0.1) is 0 Å². The van der Waals surface area contributed by atoms with Crippen LogP contribution < -0.4 is 10.6 Å². The molecule has 3 rings (SSSR count). The smallest absolute Gasteiger partial charge is 0.246 e. The molecule has 1 aromatic carbocycles.